The third kappa shape index (κ3) is 4.58. The average Bonchev–Trinajstić information content (AvgIpc) is 2.76. The predicted octanol–water partition coefficient (Wildman–Crippen LogP) is 6.93. The van der Waals surface area contributed by atoms with E-state index in [1.807, 2.05) is 0 Å². The van der Waals surface area contributed by atoms with Crippen molar-refractivity contribution in [1.29, 1.82) is 0 Å². The van der Waals surface area contributed by atoms with Crippen LogP contribution < -0.4 is 5.30 Å². The molecule has 0 aliphatic heterocycles. The molecule has 0 spiro atoms. The fourth-order valence-corrected chi connectivity index (χ4v) is 8.40. The molecule has 4 aromatic carbocycles. The summed E-state index contributed by atoms with van der Waals surface area (Å²) < 4.78 is 0. The number of hydrogen-bond donors (Lipinski definition) is 0. The summed E-state index contributed by atoms with van der Waals surface area (Å²) in [6, 6.07) is 44.3. The maximum absolute atomic E-state index is 2.35. The average molecular weight is 381 g/mol. The Bertz CT molecular complexity index is 862. The summed E-state index contributed by atoms with van der Waals surface area (Å²) in [5.41, 5.74) is 4.31. The van der Waals surface area contributed by atoms with Gasteiger partial charge in [0.1, 0.15) is 0 Å². The first-order valence-electron chi connectivity index (χ1n) is 9.88. The second-order valence-corrected chi connectivity index (χ2v) is 11.2. The standard InChI is InChI=1S/C27H26P/c1-5-13-24(14-6-1)21-28(27-19-11-4-12-20-27,22-25-15-7-2-8-16-25)23-26-17-9-3-10-18-26/h1-20H,21-23H2/q+1. The number of rotatable bonds is 7. The van der Waals surface area contributed by atoms with Crippen molar-refractivity contribution in [3.8, 4) is 0 Å². The zero-order valence-electron chi connectivity index (χ0n) is 16.1. The van der Waals surface area contributed by atoms with Crippen molar-refractivity contribution >= 4 is 12.6 Å². The van der Waals surface area contributed by atoms with E-state index in [2.05, 4.69) is 121 Å². The van der Waals surface area contributed by atoms with Gasteiger partial charge in [0.2, 0.25) is 0 Å². The molecule has 0 bridgehead atoms. The Balaban J connectivity index is 1.82. The van der Waals surface area contributed by atoms with Gasteiger partial charge in [-0.2, -0.15) is 0 Å². The Morgan fingerprint density at radius 2 is 0.643 bits per heavy atom. The first kappa shape index (κ1) is 18.7. The van der Waals surface area contributed by atoms with Crippen LogP contribution in [0.4, 0.5) is 0 Å². The summed E-state index contributed by atoms with van der Waals surface area (Å²) >= 11 is 0. The van der Waals surface area contributed by atoms with Gasteiger partial charge in [0.05, 0.1) is 31.1 Å². The molecule has 4 aromatic rings. The summed E-state index contributed by atoms with van der Waals surface area (Å²) in [6.45, 7) is 0. The lowest BCUT2D eigenvalue weighted by atomic mass is 10.2. The highest BCUT2D eigenvalue weighted by atomic mass is 31.2. The van der Waals surface area contributed by atoms with Gasteiger partial charge < -0.3 is 0 Å². The fourth-order valence-electron chi connectivity index (χ4n) is 3.98. The van der Waals surface area contributed by atoms with E-state index in [0.717, 1.165) is 18.5 Å². The SMILES string of the molecule is c1ccc(C[P+](Cc2ccccc2)(Cc2ccccc2)c2ccccc2)cc1. The van der Waals surface area contributed by atoms with Crippen LogP contribution in [-0.2, 0) is 18.5 Å². The highest BCUT2D eigenvalue weighted by Crippen LogP contribution is 2.65. The Labute approximate surface area is 169 Å². The molecule has 0 N–H and O–H groups in total. The van der Waals surface area contributed by atoms with Crippen molar-refractivity contribution in [3.05, 3.63) is 138 Å². The monoisotopic (exact) mass is 381 g/mol. The molecular weight excluding hydrogens is 355 g/mol. The van der Waals surface area contributed by atoms with Crippen molar-refractivity contribution in [2.45, 2.75) is 18.5 Å². The zero-order chi connectivity index (χ0) is 19.1. The van der Waals surface area contributed by atoms with E-state index < -0.39 is 7.26 Å². The summed E-state index contributed by atoms with van der Waals surface area (Å²) in [7, 11) is -1.51. The second-order valence-electron chi connectivity index (χ2n) is 7.41. The molecule has 0 saturated carbocycles. The smallest absolute Gasteiger partial charge is 0.0622 e. The van der Waals surface area contributed by atoms with E-state index >= 15 is 0 Å². The molecule has 0 heterocycles. The van der Waals surface area contributed by atoms with Crippen molar-refractivity contribution in [2.75, 3.05) is 0 Å². The molecule has 138 valence electrons. The lowest BCUT2D eigenvalue weighted by Crippen LogP contribution is -2.17. The summed E-state index contributed by atoms with van der Waals surface area (Å²) in [6.07, 6.45) is 3.38. The normalized spacial score (nSPS) is 11.3. The Hall–Kier alpha value is -2.69. The molecule has 0 aliphatic carbocycles. The minimum absolute atomic E-state index is 1.13. The molecule has 0 amide bonds. The largest absolute Gasteiger partial charge is 0.0950 e. The topological polar surface area (TPSA) is 0 Å². The van der Waals surface area contributed by atoms with Gasteiger partial charge in [0.15, 0.2) is 0 Å². The molecule has 0 nitrogen and oxygen atoms in total. The van der Waals surface area contributed by atoms with Crippen LogP contribution in [0, 0.1) is 0 Å². The summed E-state index contributed by atoms with van der Waals surface area (Å²) in [4.78, 5) is 0. The maximum atomic E-state index is 2.35. The Kier molecular flexibility index (Phi) is 6.00. The van der Waals surface area contributed by atoms with Crippen LogP contribution >= 0.6 is 7.26 Å². The van der Waals surface area contributed by atoms with Crippen LogP contribution in [0.15, 0.2) is 121 Å². The van der Waals surface area contributed by atoms with Crippen LogP contribution in [-0.4, -0.2) is 0 Å². The van der Waals surface area contributed by atoms with E-state index in [1.54, 1.807) is 0 Å². The summed E-state index contributed by atoms with van der Waals surface area (Å²) in [5.74, 6) is 0. The molecule has 0 radical (unpaired) electrons. The van der Waals surface area contributed by atoms with E-state index in [9.17, 15) is 0 Å². The second kappa shape index (κ2) is 9.00. The number of hydrogen-bond acceptors (Lipinski definition) is 0. The van der Waals surface area contributed by atoms with Crippen molar-refractivity contribution in [2.24, 2.45) is 0 Å². The Morgan fingerprint density at radius 1 is 0.357 bits per heavy atom. The lowest BCUT2D eigenvalue weighted by Gasteiger charge is -2.28. The van der Waals surface area contributed by atoms with E-state index in [1.165, 1.54) is 22.0 Å². The van der Waals surface area contributed by atoms with Crippen molar-refractivity contribution in [3.63, 3.8) is 0 Å². The minimum Gasteiger partial charge on any atom is -0.0622 e. The van der Waals surface area contributed by atoms with E-state index in [-0.39, 0.29) is 0 Å². The molecule has 0 aromatic heterocycles. The van der Waals surface area contributed by atoms with Crippen LogP contribution in [0.1, 0.15) is 16.7 Å². The van der Waals surface area contributed by atoms with Crippen LogP contribution in [0.2, 0.25) is 0 Å². The van der Waals surface area contributed by atoms with Gasteiger partial charge in [-0.1, -0.05) is 109 Å². The van der Waals surface area contributed by atoms with Gasteiger partial charge in [-0.3, -0.25) is 0 Å². The van der Waals surface area contributed by atoms with Crippen LogP contribution in [0.3, 0.4) is 0 Å². The predicted molar refractivity (Wildman–Crippen MR) is 123 cm³/mol. The van der Waals surface area contributed by atoms with Crippen LogP contribution in [0.25, 0.3) is 0 Å². The maximum Gasteiger partial charge on any atom is 0.0950 e. The van der Waals surface area contributed by atoms with E-state index in [4.69, 9.17) is 0 Å². The van der Waals surface area contributed by atoms with Gasteiger partial charge in [0.25, 0.3) is 0 Å². The highest BCUT2D eigenvalue weighted by Gasteiger charge is 2.40. The lowest BCUT2D eigenvalue weighted by molar-refractivity contribution is 1.23. The minimum atomic E-state index is -1.51. The third-order valence-electron chi connectivity index (χ3n) is 5.29. The highest BCUT2D eigenvalue weighted by molar-refractivity contribution is 7.80. The first-order chi connectivity index (χ1) is 13.8. The molecule has 0 aliphatic rings. The summed E-state index contributed by atoms with van der Waals surface area (Å²) in [5, 5.41) is 1.52. The quantitative estimate of drug-likeness (QED) is 0.305. The first-order valence-corrected chi connectivity index (χ1v) is 12.2. The van der Waals surface area contributed by atoms with Gasteiger partial charge in [-0.05, 0) is 28.8 Å². The molecule has 0 fully saturated rings. The fraction of sp³-hybridized carbons (Fsp3) is 0.111. The molecule has 1 heteroatoms. The molecular formula is C27H26P+. The van der Waals surface area contributed by atoms with E-state index in [0.29, 0.717) is 0 Å². The van der Waals surface area contributed by atoms with Crippen molar-refractivity contribution < 1.29 is 0 Å². The molecule has 4 rings (SSSR count). The van der Waals surface area contributed by atoms with Gasteiger partial charge in [0, 0.05) is 0 Å². The van der Waals surface area contributed by atoms with Gasteiger partial charge >= 0.3 is 0 Å². The number of benzene rings is 4. The van der Waals surface area contributed by atoms with Crippen LogP contribution in [0.5, 0.6) is 0 Å². The van der Waals surface area contributed by atoms with Gasteiger partial charge in [-0.15, -0.1) is 0 Å². The molecule has 0 atom stereocenters. The zero-order valence-corrected chi connectivity index (χ0v) is 17.0. The third-order valence-corrected chi connectivity index (χ3v) is 9.59. The van der Waals surface area contributed by atoms with Gasteiger partial charge in [-0.25, -0.2) is 0 Å². The van der Waals surface area contributed by atoms with Crippen molar-refractivity contribution in [1.82, 2.24) is 0 Å². The molecule has 0 saturated heterocycles. The Morgan fingerprint density at radius 3 is 0.964 bits per heavy atom. The molecule has 28 heavy (non-hydrogen) atoms. The molecule has 0 unspecified atom stereocenters.